The van der Waals surface area contributed by atoms with Gasteiger partial charge in [-0.3, -0.25) is 4.79 Å². The van der Waals surface area contributed by atoms with Gasteiger partial charge in [0, 0.05) is 35.4 Å². The molecule has 31 heavy (non-hydrogen) atoms. The van der Waals surface area contributed by atoms with E-state index in [9.17, 15) is 13.2 Å². The molecule has 1 amide bonds. The van der Waals surface area contributed by atoms with Gasteiger partial charge >= 0.3 is 0 Å². The van der Waals surface area contributed by atoms with E-state index in [0.29, 0.717) is 10.4 Å². The van der Waals surface area contributed by atoms with Crippen LogP contribution in [0.1, 0.15) is 23.2 Å². The lowest BCUT2D eigenvalue weighted by atomic mass is 10.2. The Kier molecular flexibility index (Phi) is 6.73. The summed E-state index contributed by atoms with van der Waals surface area (Å²) in [5, 5.41) is 0. The van der Waals surface area contributed by atoms with Crippen LogP contribution in [0.5, 0.6) is 0 Å². The minimum Gasteiger partial charge on any atom is -0.316 e. The smallest absolute Gasteiger partial charge is 0.279 e. The zero-order valence-corrected chi connectivity index (χ0v) is 21.2. The first kappa shape index (κ1) is 22.7. The highest BCUT2D eigenvalue weighted by Gasteiger charge is 2.35. The molecule has 164 valence electrons. The Labute approximate surface area is 198 Å². The number of carbonyl (C=O) groups is 1. The van der Waals surface area contributed by atoms with E-state index in [-0.39, 0.29) is 16.8 Å². The molecule has 3 aromatic rings. The normalized spacial score (nSPS) is 15.2. The van der Waals surface area contributed by atoms with E-state index in [1.54, 1.807) is 18.8 Å². The van der Waals surface area contributed by atoms with Crippen LogP contribution in [0, 0.1) is 0 Å². The first-order valence-electron chi connectivity index (χ1n) is 9.76. The summed E-state index contributed by atoms with van der Waals surface area (Å²) in [6.45, 7) is 0.750. The van der Waals surface area contributed by atoms with Crippen LogP contribution >= 0.6 is 39.0 Å². The number of hydrogen-bond acceptors (Lipinski definition) is 5. The Balaban J connectivity index is 1.66. The number of thioether (sulfide) groups is 1. The summed E-state index contributed by atoms with van der Waals surface area (Å²) in [6, 6.07) is 12.2. The first-order valence-corrected chi connectivity index (χ1v) is 14.2. The molecule has 6 nitrogen and oxygen atoms in total. The summed E-state index contributed by atoms with van der Waals surface area (Å²) < 4.78 is 30.8. The summed E-state index contributed by atoms with van der Waals surface area (Å²) in [5.74, 6) is 0.521. The molecule has 4 rings (SSSR count). The number of fused-ring (bicyclic) bond motifs is 1. The maximum atomic E-state index is 12.8. The van der Waals surface area contributed by atoms with Gasteiger partial charge in [-0.05, 0) is 61.6 Å². The largest absolute Gasteiger partial charge is 0.316 e. The number of halogens is 1. The van der Waals surface area contributed by atoms with Gasteiger partial charge in [-0.15, -0.1) is 0 Å². The highest BCUT2D eigenvalue weighted by Crippen LogP contribution is 2.30. The van der Waals surface area contributed by atoms with Gasteiger partial charge in [0.25, 0.3) is 5.91 Å². The Hall–Kier alpha value is -1.46. The maximum Gasteiger partial charge on any atom is 0.279 e. The van der Waals surface area contributed by atoms with E-state index in [2.05, 4.69) is 25.5 Å². The summed E-state index contributed by atoms with van der Waals surface area (Å²) in [4.78, 5) is 18.1. The lowest BCUT2D eigenvalue weighted by molar-refractivity contribution is 0.0997. The standard InChI is InChI=1S/C21H22BrN3O3S3/c1-24(16-6-7-16)31(27,28)17-8-3-14(4-9-17)20(26)23-21-25(11-12-29-2)18-10-5-15(22)13-19(18)30-21/h3-5,8-10,13,16H,6-7,11-12H2,1-2H3. The minimum atomic E-state index is -3.53. The molecule has 0 spiro atoms. The van der Waals surface area contributed by atoms with Crippen molar-refractivity contribution in [2.45, 2.75) is 30.3 Å². The van der Waals surface area contributed by atoms with E-state index in [4.69, 9.17) is 0 Å². The number of hydrogen-bond donors (Lipinski definition) is 0. The minimum absolute atomic E-state index is 0.0889. The van der Waals surface area contributed by atoms with Gasteiger partial charge < -0.3 is 4.57 Å². The van der Waals surface area contributed by atoms with Crippen LogP contribution in [0.15, 0.2) is 56.8 Å². The third kappa shape index (κ3) is 4.83. The number of nitrogens with zero attached hydrogens (tertiary/aromatic N) is 3. The lowest BCUT2D eigenvalue weighted by Gasteiger charge is -2.16. The summed E-state index contributed by atoms with van der Waals surface area (Å²) in [5.41, 5.74) is 1.40. The predicted octanol–water partition coefficient (Wildman–Crippen LogP) is 4.35. The fourth-order valence-corrected chi connectivity index (χ4v) is 6.64. The number of rotatable bonds is 7. The number of aromatic nitrogens is 1. The van der Waals surface area contributed by atoms with Crippen molar-refractivity contribution in [1.29, 1.82) is 0 Å². The van der Waals surface area contributed by atoms with Gasteiger partial charge in [0.1, 0.15) is 0 Å². The van der Waals surface area contributed by atoms with Crippen molar-refractivity contribution < 1.29 is 13.2 Å². The van der Waals surface area contributed by atoms with Gasteiger partial charge in [0.2, 0.25) is 10.0 Å². The van der Waals surface area contributed by atoms with Crippen molar-refractivity contribution in [2.24, 2.45) is 4.99 Å². The van der Waals surface area contributed by atoms with Crippen LogP contribution in [0.2, 0.25) is 0 Å². The Morgan fingerprint density at radius 2 is 1.97 bits per heavy atom. The molecule has 2 aromatic carbocycles. The van der Waals surface area contributed by atoms with Crippen LogP contribution < -0.4 is 4.80 Å². The molecule has 1 aromatic heterocycles. The number of sulfonamides is 1. The van der Waals surface area contributed by atoms with Gasteiger partial charge in [0.05, 0.1) is 15.1 Å². The van der Waals surface area contributed by atoms with Crippen LogP contribution in [0.4, 0.5) is 0 Å². The Bertz CT molecular complexity index is 1290. The molecule has 0 unspecified atom stereocenters. The van der Waals surface area contributed by atoms with Crippen LogP contribution in [-0.2, 0) is 16.6 Å². The van der Waals surface area contributed by atoms with E-state index in [0.717, 1.165) is 39.8 Å². The second-order valence-corrected chi connectivity index (χ2v) is 12.2. The number of aryl methyl sites for hydroxylation is 1. The molecule has 0 bridgehead atoms. The number of thiazole rings is 1. The molecule has 0 saturated heterocycles. The highest BCUT2D eigenvalue weighted by atomic mass is 79.9. The number of amides is 1. The van der Waals surface area contributed by atoms with Crippen molar-refractivity contribution in [3.8, 4) is 0 Å². The molecule has 10 heteroatoms. The average molecular weight is 541 g/mol. The summed E-state index contributed by atoms with van der Waals surface area (Å²) >= 11 is 6.70. The lowest BCUT2D eigenvalue weighted by Crippen LogP contribution is -2.28. The summed E-state index contributed by atoms with van der Waals surface area (Å²) in [6.07, 6.45) is 3.84. The molecule has 0 atom stereocenters. The van der Waals surface area contributed by atoms with Gasteiger partial charge in [0.15, 0.2) is 4.80 Å². The van der Waals surface area contributed by atoms with E-state index < -0.39 is 10.0 Å². The monoisotopic (exact) mass is 539 g/mol. The van der Waals surface area contributed by atoms with Crippen molar-refractivity contribution >= 4 is 65.2 Å². The second kappa shape index (κ2) is 9.19. The van der Waals surface area contributed by atoms with Crippen LogP contribution in [-0.4, -0.2) is 48.3 Å². The molecule has 1 aliphatic rings. The number of carbonyl (C=O) groups excluding carboxylic acids is 1. The Morgan fingerprint density at radius 3 is 2.61 bits per heavy atom. The first-order chi connectivity index (χ1) is 14.8. The fourth-order valence-electron chi connectivity index (χ4n) is 3.25. The number of benzene rings is 2. The van der Waals surface area contributed by atoms with Crippen molar-refractivity contribution in [1.82, 2.24) is 8.87 Å². The second-order valence-electron chi connectivity index (χ2n) is 7.33. The van der Waals surface area contributed by atoms with Crippen molar-refractivity contribution in [2.75, 3.05) is 19.1 Å². The van der Waals surface area contributed by atoms with Gasteiger partial charge in [-0.25, -0.2) is 8.42 Å². The predicted molar refractivity (Wildman–Crippen MR) is 130 cm³/mol. The zero-order valence-electron chi connectivity index (χ0n) is 17.1. The van der Waals surface area contributed by atoms with Crippen molar-refractivity contribution in [3.63, 3.8) is 0 Å². The van der Waals surface area contributed by atoms with E-state index >= 15 is 0 Å². The molecule has 1 aliphatic carbocycles. The topological polar surface area (TPSA) is 71.7 Å². The van der Waals surface area contributed by atoms with Crippen LogP contribution in [0.25, 0.3) is 10.2 Å². The molecule has 1 heterocycles. The average Bonchev–Trinajstić information content (AvgIpc) is 3.54. The van der Waals surface area contributed by atoms with Gasteiger partial charge in [-0.2, -0.15) is 21.1 Å². The molecule has 1 saturated carbocycles. The molecular formula is C21H22BrN3O3S3. The summed E-state index contributed by atoms with van der Waals surface area (Å²) in [7, 11) is -1.93. The quantitative estimate of drug-likeness (QED) is 0.447. The maximum absolute atomic E-state index is 12.8. The van der Waals surface area contributed by atoms with E-state index in [1.165, 1.54) is 39.9 Å². The van der Waals surface area contributed by atoms with E-state index in [1.807, 2.05) is 24.5 Å². The third-order valence-electron chi connectivity index (χ3n) is 5.20. The molecular weight excluding hydrogens is 518 g/mol. The highest BCUT2D eigenvalue weighted by molar-refractivity contribution is 9.10. The van der Waals surface area contributed by atoms with Gasteiger partial charge in [-0.1, -0.05) is 27.3 Å². The molecule has 0 aliphatic heterocycles. The third-order valence-corrected chi connectivity index (χ3v) is 9.25. The van der Waals surface area contributed by atoms with Crippen molar-refractivity contribution in [3.05, 3.63) is 57.3 Å². The molecule has 1 fully saturated rings. The zero-order chi connectivity index (χ0) is 22.2. The SMILES string of the molecule is CSCCn1c(=NC(=O)c2ccc(S(=O)(=O)N(C)C3CC3)cc2)sc2cc(Br)ccc21. The molecule has 0 N–H and O–H groups in total. The fraction of sp³-hybridized carbons (Fsp3) is 0.333. The Morgan fingerprint density at radius 1 is 1.26 bits per heavy atom. The molecule has 0 radical (unpaired) electrons. The van der Waals surface area contributed by atoms with Crippen LogP contribution in [0.3, 0.4) is 0 Å².